The van der Waals surface area contributed by atoms with Crippen LogP contribution in [0.4, 0.5) is 0 Å². The van der Waals surface area contributed by atoms with Crippen LogP contribution in [-0.2, 0) is 28.4 Å². The Hall–Kier alpha value is -0.240. The first-order valence-corrected chi connectivity index (χ1v) is 7.91. The quantitative estimate of drug-likeness (QED) is 0.750. The summed E-state index contributed by atoms with van der Waals surface area (Å²) in [5.41, 5.74) is -0.286. The fourth-order valence-corrected chi connectivity index (χ4v) is 2.60. The summed E-state index contributed by atoms with van der Waals surface area (Å²) < 4.78 is 34.7. The smallest absolute Gasteiger partial charge is 0.282 e. The molecule has 0 aromatic heterocycles. The molecule has 0 saturated carbocycles. The van der Waals surface area contributed by atoms with E-state index in [1.165, 1.54) is 0 Å². The Morgan fingerprint density at radius 2 is 1.00 bits per heavy atom. The van der Waals surface area contributed by atoms with Crippen LogP contribution in [0.25, 0.3) is 0 Å². The van der Waals surface area contributed by atoms with Gasteiger partial charge in [-0.3, -0.25) is 0 Å². The summed E-state index contributed by atoms with van der Waals surface area (Å²) >= 11 is 0. The van der Waals surface area contributed by atoms with Gasteiger partial charge in [-0.05, 0) is 13.8 Å². The van der Waals surface area contributed by atoms with Crippen molar-refractivity contribution in [2.24, 2.45) is 5.41 Å². The van der Waals surface area contributed by atoms with Crippen molar-refractivity contribution in [3.05, 3.63) is 0 Å². The van der Waals surface area contributed by atoms with E-state index in [9.17, 15) is 0 Å². The molecule has 0 amide bonds. The van der Waals surface area contributed by atoms with Gasteiger partial charge in [0.2, 0.25) is 0 Å². The van der Waals surface area contributed by atoms with Gasteiger partial charge in [0.25, 0.3) is 11.9 Å². The number of ether oxygens (including phenoxy) is 6. The lowest BCUT2D eigenvalue weighted by Gasteiger charge is -2.49. The third-order valence-corrected chi connectivity index (χ3v) is 3.99. The van der Waals surface area contributed by atoms with Crippen LogP contribution in [0.1, 0.15) is 40.5 Å². The second kappa shape index (κ2) is 6.89. The topological polar surface area (TPSA) is 55.4 Å². The molecule has 124 valence electrons. The van der Waals surface area contributed by atoms with Crippen LogP contribution < -0.4 is 0 Å². The predicted octanol–water partition coefficient (Wildman–Crippen LogP) is 2.27. The molecule has 0 unspecified atom stereocenters. The third kappa shape index (κ3) is 3.57. The molecule has 0 radical (unpaired) electrons. The Kier molecular flexibility index (Phi) is 5.62. The monoisotopic (exact) mass is 304 g/mol. The van der Waals surface area contributed by atoms with E-state index >= 15 is 0 Å². The molecule has 2 aliphatic rings. The Bertz CT molecular complexity index is 281. The zero-order valence-corrected chi connectivity index (χ0v) is 13.6. The molecule has 0 aromatic carbocycles. The molecule has 6 heteroatoms. The van der Waals surface area contributed by atoms with Gasteiger partial charge in [0.05, 0.1) is 31.8 Å². The Balaban J connectivity index is 1.93. The lowest BCUT2D eigenvalue weighted by atomic mass is 9.90. The van der Waals surface area contributed by atoms with Crippen molar-refractivity contribution in [2.45, 2.75) is 52.5 Å². The summed E-state index contributed by atoms with van der Waals surface area (Å²) in [5.74, 6) is -1.83. The molecule has 2 heterocycles. The summed E-state index contributed by atoms with van der Waals surface area (Å²) in [6.07, 6.45) is 1.30. The van der Waals surface area contributed by atoms with E-state index in [4.69, 9.17) is 28.4 Å². The molecule has 6 nitrogen and oxygen atoms in total. The van der Waals surface area contributed by atoms with Crippen molar-refractivity contribution in [1.82, 2.24) is 0 Å². The van der Waals surface area contributed by atoms with Gasteiger partial charge < -0.3 is 28.4 Å². The van der Waals surface area contributed by atoms with Crippen LogP contribution in [0, 0.1) is 5.41 Å². The fourth-order valence-electron chi connectivity index (χ4n) is 2.60. The molecular weight excluding hydrogens is 276 g/mol. The van der Waals surface area contributed by atoms with Crippen LogP contribution in [0.5, 0.6) is 0 Å². The molecule has 0 bridgehead atoms. The van der Waals surface area contributed by atoms with Gasteiger partial charge in [-0.1, -0.05) is 13.8 Å². The summed E-state index contributed by atoms with van der Waals surface area (Å²) in [7, 11) is 0. The van der Waals surface area contributed by atoms with Crippen molar-refractivity contribution in [3.63, 3.8) is 0 Å². The van der Waals surface area contributed by atoms with Crippen LogP contribution in [0.15, 0.2) is 0 Å². The van der Waals surface area contributed by atoms with Crippen LogP contribution in [0.2, 0.25) is 0 Å². The number of hydrogen-bond donors (Lipinski definition) is 0. The van der Waals surface area contributed by atoms with Crippen molar-refractivity contribution in [3.8, 4) is 0 Å². The third-order valence-electron chi connectivity index (χ3n) is 3.99. The maximum Gasteiger partial charge on any atom is 0.282 e. The van der Waals surface area contributed by atoms with E-state index in [0.717, 1.165) is 0 Å². The van der Waals surface area contributed by atoms with Gasteiger partial charge in [0, 0.05) is 26.1 Å². The molecule has 2 rings (SSSR count). The molecule has 0 aromatic rings. The minimum absolute atomic E-state index is 0.286. The zero-order valence-electron chi connectivity index (χ0n) is 13.6. The first kappa shape index (κ1) is 17.1. The minimum Gasteiger partial charge on any atom is -0.328 e. The molecule has 2 fully saturated rings. The van der Waals surface area contributed by atoms with Gasteiger partial charge in [-0.2, -0.15) is 0 Å². The second-order valence-corrected chi connectivity index (χ2v) is 5.59. The van der Waals surface area contributed by atoms with Crippen LogP contribution in [0.3, 0.4) is 0 Å². The van der Waals surface area contributed by atoms with Crippen molar-refractivity contribution in [2.75, 3.05) is 39.6 Å². The van der Waals surface area contributed by atoms with E-state index in [2.05, 4.69) is 0 Å². The Labute approximate surface area is 127 Å². The summed E-state index contributed by atoms with van der Waals surface area (Å²) in [4.78, 5) is 0. The van der Waals surface area contributed by atoms with Crippen LogP contribution in [-0.4, -0.2) is 51.6 Å². The average molecular weight is 304 g/mol. The molecule has 0 atom stereocenters. The SMILES string of the molecule is CCOC1(CC)OCC2(CO1)COC(CC)(OCC)OC2. The first-order valence-electron chi connectivity index (χ1n) is 7.91. The highest BCUT2D eigenvalue weighted by Gasteiger charge is 2.51. The van der Waals surface area contributed by atoms with E-state index in [1.54, 1.807) is 0 Å². The normalized spacial score (nSPS) is 40.6. The number of hydrogen-bond acceptors (Lipinski definition) is 6. The van der Waals surface area contributed by atoms with Gasteiger partial charge in [0.15, 0.2) is 0 Å². The molecule has 21 heavy (non-hydrogen) atoms. The second-order valence-electron chi connectivity index (χ2n) is 5.59. The first-order chi connectivity index (χ1) is 10.1. The maximum atomic E-state index is 5.86. The molecular formula is C15H28O6. The highest BCUT2D eigenvalue weighted by molar-refractivity contribution is 4.86. The van der Waals surface area contributed by atoms with E-state index in [1.807, 2.05) is 27.7 Å². The Morgan fingerprint density at radius 3 is 1.24 bits per heavy atom. The van der Waals surface area contributed by atoms with E-state index < -0.39 is 11.9 Å². The highest BCUT2D eigenvalue weighted by Crippen LogP contribution is 2.39. The van der Waals surface area contributed by atoms with Gasteiger partial charge in [-0.25, -0.2) is 0 Å². The van der Waals surface area contributed by atoms with Gasteiger partial charge >= 0.3 is 0 Å². The molecule has 1 spiro atoms. The summed E-state index contributed by atoms with van der Waals surface area (Å²) in [6, 6.07) is 0. The summed E-state index contributed by atoms with van der Waals surface area (Å²) in [6.45, 7) is 10.9. The maximum absolute atomic E-state index is 5.86. The van der Waals surface area contributed by atoms with Crippen LogP contribution >= 0.6 is 0 Å². The predicted molar refractivity (Wildman–Crippen MR) is 75.5 cm³/mol. The number of rotatable bonds is 6. The lowest BCUT2D eigenvalue weighted by molar-refractivity contribution is -0.464. The van der Waals surface area contributed by atoms with E-state index in [0.29, 0.717) is 52.5 Å². The molecule has 2 saturated heterocycles. The standard InChI is InChI=1S/C15H28O6/c1-5-14(16-7-3)18-9-13(10-19-14)11-20-15(6-2,17-8-4)21-12-13/h5-12H2,1-4H3. The molecule has 0 N–H and O–H groups in total. The minimum atomic E-state index is -0.917. The zero-order chi connectivity index (χ0) is 15.4. The lowest BCUT2D eigenvalue weighted by Crippen LogP contribution is -2.59. The van der Waals surface area contributed by atoms with Gasteiger partial charge in [0.1, 0.15) is 0 Å². The fraction of sp³-hybridized carbons (Fsp3) is 1.00. The van der Waals surface area contributed by atoms with Crippen molar-refractivity contribution >= 4 is 0 Å². The van der Waals surface area contributed by atoms with Gasteiger partial charge in [-0.15, -0.1) is 0 Å². The summed E-state index contributed by atoms with van der Waals surface area (Å²) in [5, 5.41) is 0. The molecule has 2 aliphatic heterocycles. The Morgan fingerprint density at radius 1 is 0.667 bits per heavy atom. The average Bonchev–Trinajstić information content (AvgIpc) is 2.53. The largest absolute Gasteiger partial charge is 0.328 e. The molecule has 0 aliphatic carbocycles. The van der Waals surface area contributed by atoms with Crippen molar-refractivity contribution in [1.29, 1.82) is 0 Å². The van der Waals surface area contributed by atoms with E-state index in [-0.39, 0.29) is 5.41 Å². The van der Waals surface area contributed by atoms with Crippen molar-refractivity contribution < 1.29 is 28.4 Å². The highest BCUT2D eigenvalue weighted by atomic mass is 16.9.